The highest BCUT2D eigenvalue weighted by Crippen LogP contribution is 2.21. The van der Waals surface area contributed by atoms with Crippen molar-refractivity contribution >= 4 is 23.2 Å². The van der Waals surface area contributed by atoms with Gasteiger partial charge in [-0.05, 0) is 31.5 Å². The molecule has 2 aromatic heterocycles. The maximum atomic E-state index is 11.9. The third-order valence-corrected chi connectivity index (χ3v) is 3.21. The monoisotopic (exact) mass is 293 g/mol. The Hall–Kier alpha value is -1.99. The highest BCUT2D eigenvalue weighted by Gasteiger charge is 2.24. The van der Waals surface area contributed by atoms with E-state index in [0.29, 0.717) is 16.7 Å². The van der Waals surface area contributed by atoms with E-state index in [-0.39, 0.29) is 11.9 Å². The first kappa shape index (κ1) is 13.0. The standard InChI is InChI=1S/C12H12ClN5O2/c13-9-4-3-7(6-15-9)16-11(19)10-17-12(20-18-10)8-2-1-5-14-8/h3-4,6,8,14H,1-2,5H2,(H,16,19). The number of nitrogens with zero attached hydrogens (tertiary/aromatic N) is 3. The molecule has 7 nitrogen and oxygen atoms in total. The third kappa shape index (κ3) is 2.78. The molecule has 1 atom stereocenters. The van der Waals surface area contributed by atoms with Gasteiger partial charge in [-0.3, -0.25) is 4.79 Å². The average Bonchev–Trinajstić information content (AvgIpc) is 3.11. The van der Waals surface area contributed by atoms with Crippen LogP contribution in [-0.4, -0.2) is 27.6 Å². The summed E-state index contributed by atoms with van der Waals surface area (Å²) in [6.45, 7) is 0.922. The van der Waals surface area contributed by atoms with Crippen LogP contribution in [0.1, 0.15) is 35.4 Å². The van der Waals surface area contributed by atoms with Crippen LogP contribution in [0.2, 0.25) is 5.15 Å². The molecule has 0 radical (unpaired) electrons. The molecule has 0 aromatic carbocycles. The summed E-state index contributed by atoms with van der Waals surface area (Å²) in [4.78, 5) is 19.9. The van der Waals surface area contributed by atoms with Gasteiger partial charge in [0.15, 0.2) is 0 Å². The van der Waals surface area contributed by atoms with E-state index in [4.69, 9.17) is 16.1 Å². The summed E-state index contributed by atoms with van der Waals surface area (Å²) < 4.78 is 5.11. The minimum Gasteiger partial charge on any atom is -0.337 e. The number of aromatic nitrogens is 3. The first-order chi connectivity index (χ1) is 9.72. The van der Waals surface area contributed by atoms with Crippen molar-refractivity contribution in [2.75, 3.05) is 11.9 Å². The van der Waals surface area contributed by atoms with E-state index in [1.807, 2.05) is 0 Å². The van der Waals surface area contributed by atoms with Crippen LogP contribution in [0.15, 0.2) is 22.9 Å². The van der Waals surface area contributed by atoms with Crippen LogP contribution in [0.25, 0.3) is 0 Å². The number of amides is 1. The maximum Gasteiger partial charge on any atom is 0.297 e. The van der Waals surface area contributed by atoms with Gasteiger partial charge in [0.2, 0.25) is 5.89 Å². The van der Waals surface area contributed by atoms with Crippen molar-refractivity contribution in [3.8, 4) is 0 Å². The molecule has 3 rings (SSSR count). The lowest BCUT2D eigenvalue weighted by Crippen LogP contribution is -2.15. The van der Waals surface area contributed by atoms with Gasteiger partial charge in [0.25, 0.3) is 11.7 Å². The fraction of sp³-hybridized carbons (Fsp3) is 0.333. The number of anilines is 1. The van der Waals surface area contributed by atoms with Crippen LogP contribution in [0.4, 0.5) is 5.69 Å². The van der Waals surface area contributed by atoms with Gasteiger partial charge in [-0.15, -0.1) is 0 Å². The van der Waals surface area contributed by atoms with Crippen LogP contribution >= 0.6 is 11.6 Å². The molecule has 2 aromatic rings. The fourth-order valence-corrected chi connectivity index (χ4v) is 2.11. The molecule has 1 saturated heterocycles. The number of hydrogen-bond acceptors (Lipinski definition) is 6. The van der Waals surface area contributed by atoms with Crippen molar-refractivity contribution in [2.24, 2.45) is 0 Å². The van der Waals surface area contributed by atoms with E-state index in [0.717, 1.165) is 19.4 Å². The zero-order valence-corrected chi connectivity index (χ0v) is 11.2. The van der Waals surface area contributed by atoms with E-state index in [1.54, 1.807) is 12.1 Å². The zero-order chi connectivity index (χ0) is 13.9. The lowest BCUT2D eigenvalue weighted by atomic mass is 10.2. The number of halogens is 1. The number of pyridine rings is 1. The van der Waals surface area contributed by atoms with Crippen molar-refractivity contribution in [2.45, 2.75) is 18.9 Å². The van der Waals surface area contributed by atoms with Gasteiger partial charge in [0.05, 0.1) is 17.9 Å². The molecule has 20 heavy (non-hydrogen) atoms. The van der Waals surface area contributed by atoms with Gasteiger partial charge in [-0.1, -0.05) is 16.8 Å². The molecule has 3 heterocycles. The summed E-state index contributed by atoms with van der Waals surface area (Å²) in [5.41, 5.74) is 0.518. The van der Waals surface area contributed by atoms with Crippen molar-refractivity contribution in [1.82, 2.24) is 20.4 Å². The topological polar surface area (TPSA) is 92.9 Å². The van der Waals surface area contributed by atoms with Gasteiger partial charge >= 0.3 is 0 Å². The van der Waals surface area contributed by atoms with Gasteiger partial charge in [0, 0.05) is 0 Å². The van der Waals surface area contributed by atoms with Gasteiger partial charge in [-0.2, -0.15) is 4.98 Å². The van der Waals surface area contributed by atoms with Gasteiger partial charge < -0.3 is 15.2 Å². The van der Waals surface area contributed by atoms with Crippen LogP contribution in [0, 0.1) is 0 Å². The molecular formula is C12H12ClN5O2. The average molecular weight is 294 g/mol. The Kier molecular flexibility index (Phi) is 3.62. The Labute approximate surface area is 119 Å². The number of carbonyl (C=O) groups is 1. The van der Waals surface area contributed by atoms with E-state index in [9.17, 15) is 4.79 Å². The van der Waals surface area contributed by atoms with Crippen molar-refractivity contribution in [1.29, 1.82) is 0 Å². The molecule has 0 spiro atoms. The van der Waals surface area contributed by atoms with E-state index >= 15 is 0 Å². The second-order valence-corrected chi connectivity index (χ2v) is 4.82. The first-order valence-corrected chi connectivity index (χ1v) is 6.60. The molecule has 1 unspecified atom stereocenters. The van der Waals surface area contributed by atoms with Crippen LogP contribution in [-0.2, 0) is 0 Å². The molecule has 1 aliphatic heterocycles. The third-order valence-electron chi connectivity index (χ3n) is 2.99. The molecule has 104 valence electrons. The Bertz CT molecular complexity index is 607. The number of carbonyl (C=O) groups excluding carboxylic acids is 1. The molecule has 0 saturated carbocycles. The van der Waals surface area contributed by atoms with Crippen molar-refractivity contribution in [3.05, 3.63) is 35.2 Å². The Morgan fingerprint density at radius 2 is 2.40 bits per heavy atom. The van der Waals surface area contributed by atoms with Crippen molar-refractivity contribution in [3.63, 3.8) is 0 Å². The lowest BCUT2D eigenvalue weighted by Gasteiger charge is -2.02. The van der Waals surface area contributed by atoms with Crippen molar-refractivity contribution < 1.29 is 9.32 Å². The summed E-state index contributed by atoms with van der Waals surface area (Å²) in [6.07, 6.45) is 3.45. The molecule has 8 heteroatoms. The Morgan fingerprint density at radius 3 is 3.10 bits per heavy atom. The predicted octanol–water partition coefficient (Wildman–Crippen LogP) is 1.79. The molecule has 0 bridgehead atoms. The van der Waals surface area contributed by atoms with E-state index in [2.05, 4.69) is 25.8 Å². The minimum absolute atomic E-state index is 0.00338. The molecular weight excluding hydrogens is 282 g/mol. The predicted molar refractivity (Wildman–Crippen MR) is 71.5 cm³/mol. The highest BCUT2D eigenvalue weighted by molar-refractivity contribution is 6.29. The van der Waals surface area contributed by atoms with Gasteiger partial charge in [-0.25, -0.2) is 4.98 Å². The SMILES string of the molecule is O=C(Nc1ccc(Cl)nc1)c1noc(C2CCCN2)n1. The van der Waals surface area contributed by atoms with Crippen LogP contribution in [0.5, 0.6) is 0 Å². The quantitative estimate of drug-likeness (QED) is 0.838. The van der Waals surface area contributed by atoms with Gasteiger partial charge in [0.1, 0.15) is 5.15 Å². The molecule has 0 aliphatic carbocycles. The first-order valence-electron chi connectivity index (χ1n) is 6.22. The molecule has 2 N–H and O–H groups in total. The molecule has 1 fully saturated rings. The van der Waals surface area contributed by atoms with Crippen LogP contribution < -0.4 is 10.6 Å². The Morgan fingerprint density at radius 1 is 1.50 bits per heavy atom. The molecule has 1 amide bonds. The summed E-state index contributed by atoms with van der Waals surface area (Å²) in [6, 6.07) is 3.27. The number of nitrogens with one attached hydrogen (secondary N) is 2. The lowest BCUT2D eigenvalue weighted by molar-refractivity contribution is 0.101. The smallest absolute Gasteiger partial charge is 0.297 e. The summed E-state index contributed by atoms with van der Waals surface area (Å²) in [5.74, 6) is 0.00708. The second-order valence-electron chi connectivity index (χ2n) is 4.43. The summed E-state index contributed by atoms with van der Waals surface area (Å²) >= 11 is 5.67. The maximum absolute atomic E-state index is 11.9. The number of hydrogen-bond donors (Lipinski definition) is 2. The summed E-state index contributed by atoms with van der Waals surface area (Å²) in [5, 5.41) is 9.90. The minimum atomic E-state index is -0.442. The molecule has 1 aliphatic rings. The largest absolute Gasteiger partial charge is 0.337 e. The second kappa shape index (κ2) is 5.56. The fourth-order valence-electron chi connectivity index (χ4n) is 2.00. The highest BCUT2D eigenvalue weighted by atomic mass is 35.5. The number of rotatable bonds is 3. The van der Waals surface area contributed by atoms with E-state index < -0.39 is 5.91 Å². The zero-order valence-electron chi connectivity index (χ0n) is 10.5. The normalized spacial score (nSPS) is 18.1. The van der Waals surface area contributed by atoms with E-state index in [1.165, 1.54) is 6.20 Å². The van der Waals surface area contributed by atoms with Crippen LogP contribution in [0.3, 0.4) is 0 Å². The Balaban J connectivity index is 1.69. The summed E-state index contributed by atoms with van der Waals surface area (Å²) in [7, 11) is 0.